The Morgan fingerprint density at radius 2 is 1.84 bits per heavy atom. The summed E-state index contributed by atoms with van der Waals surface area (Å²) < 4.78 is 11.7. The quantitative estimate of drug-likeness (QED) is 0.624. The summed E-state index contributed by atoms with van der Waals surface area (Å²) in [4.78, 5) is 0. The molecule has 2 N–H and O–H groups in total. The van der Waals surface area contributed by atoms with Gasteiger partial charge >= 0.3 is 0 Å². The number of aliphatic hydroxyl groups excluding tert-OH is 1. The predicted octanol–water partition coefficient (Wildman–Crippen LogP) is 4.10. The van der Waals surface area contributed by atoms with Gasteiger partial charge in [0.25, 0.3) is 0 Å². The molecule has 0 aliphatic rings. The molecular weight excluding hydrogens is 338 g/mol. The van der Waals surface area contributed by atoms with Crippen molar-refractivity contribution in [1.82, 2.24) is 5.32 Å². The molecule has 0 amide bonds. The summed E-state index contributed by atoms with van der Waals surface area (Å²) in [5, 5.41) is 12.6. The van der Waals surface area contributed by atoms with Crippen LogP contribution >= 0.6 is 11.6 Å². The Labute approximate surface area is 154 Å². The minimum absolute atomic E-state index is 0.184. The fraction of sp³-hybridized carbons (Fsp3) is 0.400. The highest BCUT2D eigenvalue weighted by atomic mass is 35.5. The maximum Gasteiger partial charge on any atom is 0.180 e. The van der Waals surface area contributed by atoms with E-state index in [2.05, 4.69) is 24.4 Å². The Morgan fingerprint density at radius 3 is 2.52 bits per heavy atom. The molecule has 0 aliphatic heterocycles. The van der Waals surface area contributed by atoms with Gasteiger partial charge in [-0.25, -0.2) is 0 Å². The van der Waals surface area contributed by atoms with E-state index in [1.807, 2.05) is 31.2 Å². The Balaban J connectivity index is 2.08. The van der Waals surface area contributed by atoms with Crippen molar-refractivity contribution in [3.63, 3.8) is 0 Å². The first-order valence-corrected chi connectivity index (χ1v) is 8.97. The smallest absolute Gasteiger partial charge is 0.180 e. The molecule has 5 heteroatoms. The second-order valence-corrected chi connectivity index (χ2v) is 6.27. The second-order valence-electron chi connectivity index (χ2n) is 5.87. The van der Waals surface area contributed by atoms with E-state index < -0.39 is 0 Å². The van der Waals surface area contributed by atoms with Gasteiger partial charge in [0.2, 0.25) is 0 Å². The largest absolute Gasteiger partial charge is 0.490 e. The molecule has 0 unspecified atom stereocenters. The average Bonchev–Trinajstić information content (AvgIpc) is 2.60. The van der Waals surface area contributed by atoms with Crippen molar-refractivity contribution >= 4 is 11.6 Å². The van der Waals surface area contributed by atoms with E-state index in [9.17, 15) is 0 Å². The molecule has 0 radical (unpaired) electrons. The number of nitrogens with one attached hydrogen (secondary N) is 1. The molecule has 4 nitrogen and oxygen atoms in total. The van der Waals surface area contributed by atoms with E-state index in [1.54, 1.807) is 0 Å². The van der Waals surface area contributed by atoms with Crippen LogP contribution in [0, 0.1) is 6.92 Å². The fourth-order valence-corrected chi connectivity index (χ4v) is 2.69. The topological polar surface area (TPSA) is 50.7 Å². The summed E-state index contributed by atoms with van der Waals surface area (Å²) >= 11 is 6.43. The molecule has 0 spiro atoms. The highest BCUT2D eigenvalue weighted by Crippen LogP contribution is 2.37. The maximum absolute atomic E-state index is 8.83. The Bertz CT molecular complexity index is 659. The van der Waals surface area contributed by atoms with Gasteiger partial charge in [-0.1, -0.05) is 41.4 Å². The first kappa shape index (κ1) is 19.6. The van der Waals surface area contributed by atoms with E-state index in [1.165, 1.54) is 5.56 Å². The van der Waals surface area contributed by atoms with E-state index >= 15 is 0 Å². The molecule has 0 bridgehead atoms. The van der Waals surface area contributed by atoms with Crippen molar-refractivity contribution in [2.75, 3.05) is 19.8 Å². The SMILES string of the molecule is CCOc1cc(CNCCCO)cc(Cl)c1OCc1ccc(C)cc1. The summed E-state index contributed by atoms with van der Waals surface area (Å²) in [5.41, 5.74) is 3.32. The summed E-state index contributed by atoms with van der Waals surface area (Å²) in [6, 6.07) is 12.0. The lowest BCUT2D eigenvalue weighted by atomic mass is 10.1. The number of benzene rings is 2. The maximum atomic E-state index is 8.83. The summed E-state index contributed by atoms with van der Waals surface area (Å²) in [6.45, 7) is 6.57. The van der Waals surface area contributed by atoms with Crippen molar-refractivity contribution in [1.29, 1.82) is 0 Å². The predicted molar refractivity (Wildman–Crippen MR) is 102 cm³/mol. The number of rotatable bonds is 10. The van der Waals surface area contributed by atoms with Gasteiger partial charge in [-0.05, 0) is 50.1 Å². The van der Waals surface area contributed by atoms with Gasteiger partial charge in [0.15, 0.2) is 11.5 Å². The molecule has 136 valence electrons. The number of hydrogen-bond acceptors (Lipinski definition) is 4. The van der Waals surface area contributed by atoms with Gasteiger partial charge in [0.05, 0.1) is 11.6 Å². The minimum atomic E-state index is 0.184. The zero-order chi connectivity index (χ0) is 18.1. The van der Waals surface area contributed by atoms with E-state index in [0.29, 0.717) is 36.3 Å². The number of aryl methyl sites for hydroxylation is 1. The average molecular weight is 364 g/mol. The van der Waals surface area contributed by atoms with Crippen LogP contribution < -0.4 is 14.8 Å². The van der Waals surface area contributed by atoms with Gasteiger partial charge < -0.3 is 19.9 Å². The lowest BCUT2D eigenvalue weighted by molar-refractivity contribution is 0.269. The Kier molecular flexibility index (Phi) is 8.06. The standard InChI is InChI=1S/C20H26ClNO3/c1-3-24-19-12-17(13-22-9-4-10-23)11-18(21)20(19)25-14-16-7-5-15(2)6-8-16/h5-8,11-12,22-23H,3-4,9-10,13-14H2,1-2H3. The highest BCUT2D eigenvalue weighted by molar-refractivity contribution is 6.32. The zero-order valence-electron chi connectivity index (χ0n) is 14.8. The summed E-state index contributed by atoms with van der Waals surface area (Å²) in [7, 11) is 0. The van der Waals surface area contributed by atoms with Crippen molar-refractivity contribution in [2.45, 2.75) is 33.4 Å². The lowest BCUT2D eigenvalue weighted by Crippen LogP contribution is -2.15. The van der Waals surface area contributed by atoms with Crippen LogP contribution in [0.1, 0.15) is 30.0 Å². The second kappa shape index (κ2) is 10.3. The van der Waals surface area contributed by atoms with E-state index in [-0.39, 0.29) is 6.61 Å². The first-order valence-electron chi connectivity index (χ1n) is 8.59. The lowest BCUT2D eigenvalue weighted by Gasteiger charge is -2.16. The number of aliphatic hydroxyl groups is 1. The minimum Gasteiger partial charge on any atom is -0.490 e. The molecule has 0 saturated carbocycles. The van der Waals surface area contributed by atoms with E-state index in [0.717, 1.165) is 24.1 Å². The zero-order valence-corrected chi connectivity index (χ0v) is 15.6. The van der Waals surface area contributed by atoms with Crippen molar-refractivity contribution in [3.8, 4) is 11.5 Å². The van der Waals surface area contributed by atoms with Gasteiger partial charge in [-0.3, -0.25) is 0 Å². The Morgan fingerprint density at radius 1 is 1.08 bits per heavy atom. The molecule has 2 aromatic carbocycles. The molecule has 0 aliphatic carbocycles. The van der Waals surface area contributed by atoms with Crippen molar-refractivity contribution in [3.05, 3.63) is 58.1 Å². The molecule has 2 aromatic rings. The van der Waals surface area contributed by atoms with Crippen LogP contribution in [0.25, 0.3) is 0 Å². The van der Waals surface area contributed by atoms with Crippen LogP contribution in [0.2, 0.25) is 5.02 Å². The molecule has 25 heavy (non-hydrogen) atoms. The van der Waals surface area contributed by atoms with Crippen LogP contribution in [0.4, 0.5) is 0 Å². The van der Waals surface area contributed by atoms with Crippen LogP contribution in [-0.2, 0) is 13.2 Å². The monoisotopic (exact) mass is 363 g/mol. The molecule has 0 heterocycles. The van der Waals surface area contributed by atoms with Gasteiger partial charge in [-0.2, -0.15) is 0 Å². The molecule has 0 aromatic heterocycles. The van der Waals surface area contributed by atoms with Crippen molar-refractivity contribution in [2.24, 2.45) is 0 Å². The summed E-state index contributed by atoms with van der Waals surface area (Å²) in [6.07, 6.45) is 0.726. The van der Waals surface area contributed by atoms with Gasteiger partial charge in [-0.15, -0.1) is 0 Å². The third-order valence-corrected chi connectivity index (χ3v) is 3.99. The Hall–Kier alpha value is -1.75. The molecule has 0 atom stereocenters. The van der Waals surface area contributed by atoms with Crippen LogP contribution in [0.5, 0.6) is 11.5 Å². The van der Waals surface area contributed by atoms with Gasteiger partial charge in [0.1, 0.15) is 6.61 Å². The highest BCUT2D eigenvalue weighted by Gasteiger charge is 2.13. The van der Waals surface area contributed by atoms with E-state index in [4.69, 9.17) is 26.2 Å². The third kappa shape index (κ3) is 6.24. The molecule has 0 fully saturated rings. The fourth-order valence-electron chi connectivity index (χ4n) is 2.40. The van der Waals surface area contributed by atoms with Gasteiger partial charge in [0, 0.05) is 13.2 Å². The number of ether oxygens (including phenoxy) is 2. The first-order chi connectivity index (χ1) is 12.1. The number of hydrogen-bond donors (Lipinski definition) is 2. The molecule has 2 rings (SSSR count). The summed E-state index contributed by atoms with van der Waals surface area (Å²) in [5.74, 6) is 1.23. The van der Waals surface area contributed by atoms with Crippen LogP contribution in [-0.4, -0.2) is 24.9 Å². The normalized spacial score (nSPS) is 10.7. The molecular formula is C20H26ClNO3. The number of halogens is 1. The molecule has 0 saturated heterocycles. The van der Waals surface area contributed by atoms with Crippen molar-refractivity contribution < 1.29 is 14.6 Å². The van der Waals surface area contributed by atoms with Crippen LogP contribution in [0.15, 0.2) is 36.4 Å². The third-order valence-electron chi connectivity index (χ3n) is 3.71. The van der Waals surface area contributed by atoms with Crippen LogP contribution in [0.3, 0.4) is 0 Å².